The van der Waals surface area contributed by atoms with Crippen LogP contribution in [-0.2, 0) is 4.74 Å². The average molecular weight is 212 g/mol. The van der Waals surface area contributed by atoms with Crippen LogP contribution in [-0.4, -0.2) is 26.1 Å². The zero-order valence-electron chi connectivity index (χ0n) is 8.91. The maximum atomic E-state index is 13.3. The predicted octanol–water partition coefficient (Wildman–Crippen LogP) is 2.05. The highest BCUT2D eigenvalue weighted by atomic mass is 19.1. The Bertz CT molecular complexity index is 363. The van der Waals surface area contributed by atoms with E-state index in [9.17, 15) is 9.18 Å². The van der Waals surface area contributed by atoms with Crippen LogP contribution in [0.25, 0.3) is 0 Å². The van der Waals surface area contributed by atoms with Crippen LogP contribution >= 0.6 is 0 Å². The maximum absolute atomic E-state index is 13.3. The van der Waals surface area contributed by atoms with E-state index in [1.165, 1.54) is 26.4 Å². The molecular formula is C11H13FO3. The lowest BCUT2D eigenvalue weighted by Crippen LogP contribution is -2.19. The second kappa shape index (κ2) is 4.89. The van der Waals surface area contributed by atoms with E-state index in [1.54, 1.807) is 6.92 Å². The minimum atomic E-state index is -0.571. The maximum Gasteiger partial charge on any atom is 0.191 e. The number of methoxy groups -OCH3 is 2. The van der Waals surface area contributed by atoms with Crippen molar-refractivity contribution in [3.8, 4) is 5.75 Å². The highest BCUT2D eigenvalue weighted by Crippen LogP contribution is 2.18. The van der Waals surface area contributed by atoms with Crippen molar-refractivity contribution in [2.45, 2.75) is 13.0 Å². The summed E-state index contributed by atoms with van der Waals surface area (Å²) in [6.07, 6.45) is -0.571. The van der Waals surface area contributed by atoms with E-state index in [0.717, 1.165) is 6.07 Å². The number of ketones is 1. The molecule has 82 valence electrons. The zero-order valence-corrected chi connectivity index (χ0v) is 8.91. The molecule has 0 aliphatic rings. The number of hydrogen-bond donors (Lipinski definition) is 0. The van der Waals surface area contributed by atoms with Crippen LogP contribution in [0.3, 0.4) is 0 Å². The zero-order chi connectivity index (χ0) is 11.4. The van der Waals surface area contributed by atoms with E-state index in [0.29, 0.717) is 0 Å². The number of halogens is 1. The van der Waals surface area contributed by atoms with Gasteiger partial charge in [-0.15, -0.1) is 0 Å². The van der Waals surface area contributed by atoms with Crippen molar-refractivity contribution in [2.24, 2.45) is 0 Å². The van der Waals surface area contributed by atoms with Gasteiger partial charge in [0.25, 0.3) is 0 Å². The number of Topliss-reactive ketones (excluding diaryl/α,β-unsaturated/α-hetero) is 1. The van der Waals surface area contributed by atoms with Gasteiger partial charge in [-0.05, 0) is 25.1 Å². The minimum Gasteiger partial charge on any atom is -0.494 e. The first-order chi connectivity index (χ1) is 7.10. The van der Waals surface area contributed by atoms with Gasteiger partial charge in [0.1, 0.15) is 6.10 Å². The Labute approximate surface area is 87.8 Å². The van der Waals surface area contributed by atoms with Crippen LogP contribution in [0.4, 0.5) is 4.39 Å². The largest absolute Gasteiger partial charge is 0.494 e. The topological polar surface area (TPSA) is 35.5 Å². The Balaban J connectivity index is 2.97. The van der Waals surface area contributed by atoms with Crippen LogP contribution in [0.5, 0.6) is 5.75 Å². The van der Waals surface area contributed by atoms with Crippen molar-refractivity contribution in [2.75, 3.05) is 14.2 Å². The molecule has 1 aromatic carbocycles. The summed E-state index contributed by atoms with van der Waals surface area (Å²) in [7, 11) is 2.81. The van der Waals surface area contributed by atoms with Crippen molar-refractivity contribution < 1.29 is 18.7 Å². The molecule has 0 fully saturated rings. The smallest absolute Gasteiger partial charge is 0.191 e. The van der Waals surface area contributed by atoms with E-state index in [-0.39, 0.29) is 17.1 Å². The van der Waals surface area contributed by atoms with Crippen molar-refractivity contribution >= 4 is 5.78 Å². The van der Waals surface area contributed by atoms with Gasteiger partial charge >= 0.3 is 0 Å². The third-order valence-corrected chi connectivity index (χ3v) is 2.16. The summed E-state index contributed by atoms with van der Waals surface area (Å²) in [5.74, 6) is -0.678. The molecule has 0 bridgehead atoms. The minimum absolute atomic E-state index is 0.122. The Morgan fingerprint density at radius 3 is 2.53 bits per heavy atom. The Kier molecular flexibility index (Phi) is 3.80. The van der Waals surface area contributed by atoms with Gasteiger partial charge in [0.15, 0.2) is 17.3 Å². The van der Waals surface area contributed by atoms with Crippen molar-refractivity contribution in [3.63, 3.8) is 0 Å². The predicted molar refractivity (Wildman–Crippen MR) is 53.8 cm³/mol. The first kappa shape index (κ1) is 11.7. The Morgan fingerprint density at radius 2 is 2.07 bits per heavy atom. The molecular weight excluding hydrogens is 199 g/mol. The quantitative estimate of drug-likeness (QED) is 0.716. The molecule has 0 aliphatic heterocycles. The first-order valence-electron chi connectivity index (χ1n) is 4.50. The van der Waals surface area contributed by atoms with E-state index in [1.807, 2.05) is 0 Å². The Morgan fingerprint density at radius 1 is 1.40 bits per heavy atom. The van der Waals surface area contributed by atoms with Gasteiger partial charge in [-0.1, -0.05) is 0 Å². The normalized spacial score (nSPS) is 12.3. The van der Waals surface area contributed by atoms with Gasteiger partial charge in [-0.2, -0.15) is 0 Å². The van der Waals surface area contributed by atoms with Gasteiger partial charge in [-0.25, -0.2) is 4.39 Å². The highest BCUT2D eigenvalue weighted by Gasteiger charge is 2.16. The molecule has 15 heavy (non-hydrogen) atoms. The van der Waals surface area contributed by atoms with Crippen LogP contribution in [0, 0.1) is 5.82 Å². The monoisotopic (exact) mass is 212 g/mol. The molecule has 0 saturated heterocycles. The van der Waals surface area contributed by atoms with Gasteiger partial charge in [0.2, 0.25) is 0 Å². The molecule has 0 N–H and O–H groups in total. The molecule has 0 spiro atoms. The third kappa shape index (κ3) is 2.53. The lowest BCUT2D eigenvalue weighted by molar-refractivity contribution is 0.0655. The summed E-state index contributed by atoms with van der Waals surface area (Å²) in [5.41, 5.74) is 0.280. The molecule has 0 amide bonds. The van der Waals surface area contributed by atoms with E-state index >= 15 is 0 Å². The summed E-state index contributed by atoms with van der Waals surface area (Å²) in [6, 6.07) is 4.08. The molecule has 0 aromatic heterocycles. The van der Waals surface area contributed by atoms with Crippen LogP contribution in [0.2, 0.25) is 0 Å². The molecule has 1 atom stereocenters. The summed E-state index contributed by atoms with van der Waals surface area (Å²) >= 11 is 0. The molecule has 3 nitrogen and oxygen atoms in total. The highest BCUT2D eigenvalue weighted by molar-refractivity contribution is 5.99. The molecule has 1 unspecified atom stereocenters. The molecule has 0 heterocycles. The number of benzene rings is 1. The molecule has 4 heteroatoms. The molecule has 1 rings (SSSR count). The van der Waals surface area contributed by atoms with E-state index in [4.69, 9.17) is 9.47 Å². The first-order valence-corrected chi connectivity index (χ1v) is 4.50. The SMILES string of the molecule is COc1ccc(C(=O)C(C)OC)cc1F. The lowest BCUT2D eigenvalue weighted by atomic mass is 10.1. The molecule has 0 radical (unpaired) electrons. The third-order valence-electron chi connectivity index (χ3n) is 2.16. The van der Waals surface area contributed by atoms with Gasteiger partial charge in [0, 0.05) is 12.7 Å². The van der Waals surface area contributed by atoms with E-state index < -0.39 is 11.9 Å². The Hall–Kier alpha value is -1.42. The average Bonchev–Trinajstić information content (AvgIpc) is 2.26. The summed E-state index contributed by atoms with van der Waals surface area (Å²) in [6.45, 7) is 1.62. The van der Waals surface area contributed by atoms with Crippen LogP contribution in [0.15, 0.2) is 18.2 Å². The number of rotatable bonds is 4. The van der Waals surface area contributed by atoms with Gasteiger partial charge < -0.3 is 9.47 Å². The number of carbonyl (C=O) groups excluding carboxylic acids is 1. The summed E-state index contributed by atoms with van der Waals surface area (Å²) in [5, 5.41) is 0. The van der Waals surface area contributed by atoms with Crippen molar-refractivity contribution in [3.05, 3.63) is 29.6 Å². The fourth-order valence-electron chi connectivity index (χ4n) is 1.16. The van der Waals surface area contributed by atoms with Crippen molar-refractivity contribution in [1.29, 1.82) is 0 Å². The van der Waals surface area contributed by atoms with Crippen molar-refractivity contribution in [1.82, 2.24) is 0 Å². The fraction of sp³-hybridized carbons (Fsp3) is 0.364. The second-order valence-electron chi connectivity index (χ2n) is 3.09. The summed E-state index contributed by atoms with van der Waals surface area (Å²) in [4.78, 5) is 11.6. The van der Waals surface area contributed by atoms with Crippen LogP contribution < -0.4 is 4.74 Å². The van der Waals surface area contributed by atoms with Crippen LogP contribution in [0.1, 0.15) is 17.3 Å². The number of hydrogen-bond acceptors (Lipinski definition) is 3. The number of ether oxygens (including phenoxy) is 2. The molecule has 0 aliphatic carbocycles. The molecule has 1 aromatic rings. The van der Waals surface area contributed by atoms with Gasteiger partial charge in [0.05, 0.1) is 7.11 Å². The fourth-order valence-corrected chi connectivity index (χ4v) is 1.16. The second-order valence-corrected chi connectivity index (χ2v) is 3.09. The van der Waals surface area contributed by atoms with Gasteiger partial charge in [-0.3, -0.25) is 4.79 Å². The van der Waals surface area contributed by atoms with E-state index in [2.05, 4.69) is 0 Å². The molecule has 0 saturated carbocycles. The standard InChI is InChI=1S/C11H13FO3/c1-7(14-2)11(13)8-4-5-10(15-3)9(12)6-8/h4-7H,1-3H3. The number of carbonyl (C=O) groups is 1. The summed E-state index contributed by atoms with van der Waals surface area (Å²) < 4.78 is 22.9. The lowest BCUT2D eigenvalue weighted by Gasteiger charge is -2.09.